The van der Waals surface area contributed by atoms with Crippen molar-refractivity contribution in [2.24, 2.45) is 0 Å². The summed E-state index contributed by atoms with van der Waals surface area (Å²) in [6, 6.07) is 1.94. The Hall–Kier alpha value is -0.830. The Kier molecular flexibility index (Phi) is 29.7. The van der Waals surface area contributed by atoms with Crippen LogP contribution in [0.4, 0.5) is 0 Å². The lowest BCUT2D eigenvalue weighted by Gasteiger charge is -2.28. The van der Waals surface area contributed by atoms with Crippen LogP contribution in [0, 0.1) is 0 Å². The molecule has 3 N–H and O–H groups in total. The summed E-state index contributed by atoms with van der Waals surface area (Å²) in [6.45, 7) is 10.9. The van der Waals surface area contributed by atoms with Crippen molar-refractivity contribution in [3.8, 4) is 5.75 Å². The Morgan fingerprint density at radius 1 is 0.462 bits per heavy atom. The van der Waals surface area contributed by atoms with Gasteiger partial charge in [-0.25, -0.2) is 0 Å². The number of rotatable bonds is 36. The lowest BCUT2D eigenvalue weighted by molar-refractivity contribution is 0.371. The fourth-order valence-electron chi connectivity index (χ4n) is 8.19. The van der Waals surface area contributed by atoms with E-state index in [4.69, 9.17) is 0 Å². The summed E-state index contributed by atoms with van der Waals surface area (Å²) in [5.74, 6) is 0.370. The van der Waals surface area contributed by atoms with Gasteiger partial charge in [-0.2, -0.15) is 0 Å². The molecule has 0 aliphatic carbocycles. The van der Waals surface area contributed by atoms with Crippen LogP contribution in [0.1, 0.15) is 262 Å². The molecule has 1 aromatic rings. The summed E-state index contributed by atoms with van der Waals surface area (Å²) in [5.41, 5.74) is 3.21. The van der Waals surface area contributed by atoms with Gasteiger partial charge in [-0.05, 0) is 47.8 Å². The van der Waals surface area contributed by atoms with Gasteiger partial charge >= 0.3 is 7.60 Å². The Morgan fingerprint density at radius 3 is 1.04 bits per heavy atom. The second-order valence-corrected chi connectivity index (χ2v) is 19.2. The van der Waals surface area contributed by atoms with Crippen LogP contribution in [0.5, 0.6) is 5.75 Å². The van der Waals surface area contributed by atoms with E-state index in [1.807, 2.05) is 6.07 Å². The number of hydrogen-bond acceptors (Lipinski definition) is 2. The van der Waals surface area contributed by atoms with E-state index in [2.05, 4.69) is 34.6 Å². The van der Waals surface area contributed by atoms with Crippen LogP contribution in [-0.2, 0) is 29.0 Å². The molecule has 0 unspecified atom stereocenters. The highest BCUT2D eigenvalue weighted by Gasteiger charge is 2.28. The number of benzene rings is 1. The standard InChI is InChI=1S/C47H89O4P/c1-6-8-10-12-14-16-18-20-22-24-26-28-30-32-34-36-38-42-40-43(41-52(49,50)51)44(45(46(42)48)47(3,4)5)39-37-35-33-31-29-27-25-23-21-19-17-15-13-11-9-7-2/h40,48H,6-39,41H2,1-5H3,(H2,49,50,51). The molecule has 0 saturated carbocycles. The van der Waals surface area contributed by atoms with Crippen LogP contribution in [0.3, 0.4) is 0 Å². The van der Waals surface area contributed by atoms with Crippen molar-refractivity contribution in [2.75, 3.05) is 0 Å². The summed E-state index contributed by atoms with van der Waals surface area (Å²) in [6.07, 6.45) is 43.7. The molecule has 0 aromatic heterocycles. The molecule has 0 amide bonds. The third-order valence-corrected chi connectivity index (χ3v) is 12.0. The molecule has 1 rings (SSSR count). The predicted octanol–water partition coefficient (Wildman–Crippen LogP) is 16.0. The molecule has 306 valence electrons. The van der Waals surface area contributed by atoms with Crippen molar-refractivity contribution < 1.29 is 19.5 Å². The summed E-state index contributed by atoms with van der Waals surface area (Å²) < 4.78 is 12.3. The molecule has 1 aromatic carbocycles. The Labute approximate surface area is 324 Å². The molecular weight excluding hydrogens is 659 g/mol. The molecule has 0 saturated heterocycles. The van der Waals surface area contributed by atoms with Gasteiger partial charge in [-0.1, -0.05) is 233 Å². The maximum atomic E-state index is 12.3. The van der Waals surface area contributed by atoms with Crippen molar-refractivity contribution in [1.82, 2.24) is 0 Å². The van der Waals surface area contributed by atoms with Gasteiger partial charge in [0.2, 0.25) is 0 Å². The average molecular weight is 749 g/mol. The summed E-state index contributed by atoms with van der Waals surface area (Å²) in [7, 11) is -4.24. The number of phenolic OH excluding ortho intramolecular Hbond substituents is 1. The van der Waals surface area contributed by atoms with Crippen LogP contribution < -0.4 is 0 Å². The van der Waals surface area contributed by atoms with E-state index in [1.54, 1.807) is 0 Å². The number of unbranched alkanes of at least 4 members (excludes halogenated alkanes) is 30. The van der Waals surface area contributed by atoms with E-state index in [9.17, 15) is 19.5 Å². The first-order valence-electron chi connectivity index (χ1n) is 22.9. The highest BCUT2D eigenvalue weighted by Crippen LogP contribution is 2.45. The van der Waals surface area contributed by atoms with Crippen LogP contribution >= 0.6 is 7.60 Å². The van der Waals surface area contributed by atoms with Crippen molar-refractivity contribution in [2.45, 2.75) is 265 Å². The van der Waals surface area contributed by atoms with Gasteiger partial charge in [0.05, 0.1) is 6.16 Å². The van der Waals surface area contributed by atoms with E-state index in [0.717, 1.165) is 60.8 Å². The zero-order valence-corrected chi connectivity index (χ0v) is 36.4. The minimum absolute atomic E-state index is 0.240. The summed E-state index contributed by atoms with van der Waals surface area (Å²) in [5, 5.41) is 11.6. The number of aromatic hydroxyl groups is 1. The minimum atomic E-state index is -4.24. The Bertz CT molecular complexity index is 1020. The van der Waals surface area contributed by atoms with E-state index in [-0.39, 0.29) is 11.6 Å². The predicted molar refractivity (Wildman–Crippen MR) is 229 cm³/mol. The fourth-order valence-corrected chi connectivity index (χ4v) is 8.92. The highest BCUT2D eigenvalue weighted by atomic mass is 31.2. The van der Waals surface area contributed by atoms with Crippen molar-refractivity contribution in [3.05, 3.63) is 28.3 Å². The largest absolute Gasteiger partial charge is 0.507 e. The van der Waals surface area contributed by atoms with Crippen LogP contribution in [0.2, 0.25) is 0 Å². The number of hydrogen-bond donors (Lipinski definition) is 3. The SMILES string of the molecule is CCCCCCCCCCCCCCCCCCc1cc(CP(=O)(O)O)c(CCCCCCCCCCCCCCCCCC)c(C(C)(C)C)c1O. The molecule has 4 nitrogen and oxygen atoms in total. The summed E-state index contributed by atoms with van der Waals surface area (Å²) in [4.78, 5) is 20.1. The highest BCUT2D eigenvalue weighted by molar-refractivity contribution is 7.50. The zero-order chi connectivity index (χ0) is 38.3. The lowest BCUT2D eigenvalue weighted by atomic mass is 9.78. The molecule has 0 atom stereocenters. The molecule has 0 bridgehead atoms. The van der Waals surface area contributed by atoms with Crippen molar-refractivity contribution in [3.63, 3.8) is 0 Å². The molecule has 0 radical (unpaired) electrons. The molecule has 52 heavy (non-hydrogen) atoms. The topological polar surface area (TPSA) is 77.8 Å². The van der Waals surface area contributed by atoms with Crippen LogP contribution in [0.15, 0.2) is 6.07 Å². The van der Waals surface area contributed by atoms with Gasteiger partial charge in [-0.3, -0.25) is 4.57 Å². The maximum Gasteiger partial charge on any atom is 0.329 e. The van der Waals surface area contributed by atoms with Gasteiger partial charge in [-0.15, -0.1) is 0 Å². The van der Waals surface area contributed by atoms with Crippen LogP contribution in [0.25, 0.3) is 0 Å². The fraction of sp³-hybridized carbons (Fsp3) is 0.872. The van der Waals surface area contributed by atoms with E-state index >= 15 is 0 Å². The van der Waals surface area contributed by atoms with E-state index < -0.39 is 7.60 Å². The Balaban J connectivity index is 2.45. The molecule has 5 heteroatoms. The first-order chi connectivity index (χ1) is 25.0. The zero-order valence-electron chi connectivity index (χ0n) is 35.5. The number of phenols is 1. The normalized spacial score (nSPS) is 12.3. The van der Waals surface area contributed by atoms with Gasteiger partial charge in [0, 0.05) is 5.56 Å². The smallest absolute Gasteiger partial charge is 0.329 e. The molecular formula is C47H89O4P. The van der Waals surface area contributed by atoms with Gasteiger partial charge < -0.3 is 14.9 Å². The monoisotopic (exact) mass is 749 g/mol. The molecule has 0 aliphatic heterocycles. The third-order valence-electron chi connectivity index (χ3n) is 11.3. The quantitative estimate of drug-likeness (QED) is 0.0472. The maximum absolute atomic E-state index is 12.3. The van der Waals surface area contributed by atoms with Crippen molar-refractivity contribution in [1.29, 1.82) is 0 Å². The van der Waals surface area contributed by atoms with Gasteiger partial charge in [0.1, 0.15) is 5.75 Å². The third kappa shape index (κ3) is 26.1. The lowest BCUT2D eigenvalue weighted by Crippen LogP contribution is -2.18. The molecule has 0 fully saturated rings. The molecule has 0 heterocycles. The minimum Gasteiger partial charge on any atom is -0.507 e. The molecule has 0 spiro atoms. The Morgan fingerprint density at radius 2 is 0.750 bits per heavy atom. The second kappa shape index (κ2) is 31.4. The average Bonchev–Trinajstić information content (AvgIpc) is 3.08. The van der Waals surface area contributed by atoms with E-state index in [0.29, 0.717) is 5.75 Å². The first-order valence-corrected chi connectivity index (χ1v) is 24.7. The van der Waals surface area contributed by atoms with Gasteiger partial charge in [0.25, 0.3) is 0 Å². The molecule has 0 aliphatic rings. The van der Waals surface area contributed by atoms with E-state index in [1.165, 1.54) is 180 Å². The summed E-state index contributed by atoms with van der Waals surface area (Å²) >= 11 is 0. The first kappa shape index (κ1) is 49.2. The van der Waals surface area contributed by atoms with Gasteiger partial charge in [0.15, 0.2) is 0 Å². The van der Waals surface area contributed by atoms with Crippen LogP contribution in [-0.4, -0.2) is 14.9 Å². The van der Waals surface area contributed by atoms with Crippen molar-refractivity contribution >= 4 is 7.60 Å². The number of aryl methyl sites for hydroxylation is 1. The second-order valence-electron chi connectivity index (χ2n) is 17.6.